The molecule has 3 nitrogen and oxygen atoms in total. The zero-order valence-corrected chi connectivity index (χ0v) is 10.5. The van der Waals surface area contributed by atoms with Crippen LogP contribution in [0.25, 0.3) is 5.57 Å². The lowest BCUT2D eigenvalue weighted by Crippen LogP contribution is -2.09. The van der Waals surface area contributed by atoms with Crippen molar-refractivity contribution in [2.24, 2.45) is 0 Å². The topological polar surface area (TPSA) is 49.7 Å². The Bertz CT molecular complexity index is 642. The second-order valence-corrected chi connectivity index (χ2v) is 4.68. The van der Waals surface area contributed by atoms with Crippen molar-refractivity contribution in [3.05, 3.63) is 65.4 Å². The second-order valence-electron chi connectivity index (χ2n) is 4.68. The summed E-state index contributed by atoms with van der Waals surface area (Å²) < 4.78 is 5.59. The van der Waals surface area contributed by atoms with Crippen molar-refractivity contribution >= 4 is 5.57 Å². The Balaban J connectivity index is 2.00. The first kappa shape index (κ1) is 11.8. The largest absolute Gasteiger partial charge is 0.508 e. The van der Waals surface area contributed by atoms with Gasteiger partial charge in [-0.25, -0.2) is 0 Å². The number of ether oxygens (including phenoxy) is 1. The monoisotopic (exact) mass is 254 g/mol. The molecule has 2 aromatic rings. The molecule has 0 aliphatic carbocycles. The van der Waals surface area contributed by atoms with Gasteiger partial charge in [0, 0.05) is 11.1 Å². The van der Waals surface area contributed by atoms with Crippen LogP contribution in [0.4, 0.5) is 0 Å². The number of hydrogen-bond donors (Lipinski definition) is 2. The fraction of sp³-hybridized carbons (Fsp3) is 0.125. The van der Waals surface area contributed by atoms with Crippen molar-refractivity contribution < 1.29 is 14.9 Å². The van der Waals surface area contributed by atoms with Crippen molar-refractivity contribution in [1.82, 2.24) is 0 Å². The van der Waals surface area contributed by atoms with Crippen molar-refractivity contribution in [3.8, 4) is 11.5 Å². The summed E-state index contributed by atoms with van der Waals surface area (Å²) in [5.41, 5.74) is 3.37. The minimum Gasteiger partial charge on any atom is -0.508 e. The molecule has 1 aliphatic rings. The van der Waals surface area contributed by atoms with E-state index in [2.05, 4.69) is 0 Å². The molecule has 0 fully saturated rings. The molecule has 3 heteroatoms. The number of aliphatic hydroxyl groups is 1. The minimum atomic E-state index is -0.714. The molecule has 2 aromatic carbocycles. The molecule has 96 valence electrons. The zero-order valence-electron chi connectivity index (χ0n) is 10.5. The van der Waals surface area contributed by atoms with Gasteiger partial charge in [0.2, 0.25) is 0 Å². The van der Waals surface area contributed by atoms with Gasteiger partial charge in [-0.3, -0.25) is 0 Å². The van der Waals surface area contributed by atoms with Gasteiger partial charge < -0.3 is 14.9 Å². The highest BCUT2D eigenvalue weighted by molar-refractivity contribution is 5.72. The molecular weight excluding hydrogens is 240 g/mol. The Morgan fingerprint density at radius 1 is 1.05 bits per heavy atom. The van der Waals surface area contributed by atoms with E-state index in [1.54, 1.807) is 30.5 Å². The van der Waals surface area contributed by atoms with Crippen LogP contribution in [0.2, 0.25) is 0 Å². The van der Waals surface area contributed by atoms with E-state index >= 15 is 0 Å². The fourth-order valence-corrected chi connectivity index (χ4v) is 2.21. The lowest BCUT2D eigenvalue weighted by molar-refractivity contribution is 0.224. The summed E-state index contributed by atoms with van der Waals surface area (Å²) in [4.78, 5) is 0. The van der Waals surface area contributed by atoms with Crippen LogP contribution in [0.1, 0.15) is 22.8 Å². The van der Waals surface area contributed by atoms with Gasteiger partial charge in [-0.1, -0.05) is 24.3 Å². The molecular formula is C16H14O3. The van der Waals surface area contributed by atoms with Gasteiger partial charge in [0.25, 0.3) is 0 Å². The third kappa shape index (κ3) is 2.09. The number of aromatic hydroxyl groups is 1. The van der Waals surface area contributed by atoms with Crippen LogP contribution in [0.15, 0.2) is 48.7 Å². The summed E-state index contributed by atoms with van der Waals surface area (Å²) in [5.74, 6) is 0.890. The Labute approximate surface area is 111 Å². The lowest BCUT2D eigenvalue weighted by Gasteiger charge is -2.23. The van der Waals surface area contributed by atoms with E-state index in [0.29, 0.717) is 11.3 Å². The standard InChI is InChI=1S/C16H14O3/c1-10-2-7-13-15(8-10)19-9-14(16(13)18)11-3-5-12(17)6-4-11/h2-9,16-18H,1H3/t16-/m0/s1. The number of rotatable bonds is 1. The Hall–Kier alpha value is -2.26. The van der Waals surface area contributed by atoms with Gasteiger partial charge in [-0.05, 0) is 36.2 Å². The van der Waals surface area contributed by atoms with E-state index in [9.17, 15) is 10.2 Å². The highest BCUT2D eigenvalue weighted by Gasteiger charge is 2.23. The predicted octanol–water partition coefficient (Wildman–Crippen LogP) is 3.17. The van der Waals surface area contributed by atoms with E-state index in [1.165, 1.54) is 0 Å². The molecule has 19 heavy (non-hydrogen) atoms. The average Bonchev–Trinajstić information content (AvgIpc) is 2.40. The Morgan fingerprint density at radius 3 is 2.53 bits per heavy atom. The first-order chi connectivity index (χ1) is 9.15. The van der Waals surface area contributed by atoms with E-state index in [0.717, 1.165) is 16.7 Å². The van der Waals surface area contributed by atoms with E-state index in [1.807, 2.05) is 25.1 Å². The lowest BCUT2D eigenvalue weighted by atomic mass is 9.93. The fourth-order valence-electron chi connectivity index (χ4n) is 2.21. The number of phenolic OH excluding ortho intramolecular Hbond substituents is 1. The molecule has 0 saturated carbocycles. The summed E-state index contributed by atoms with van der Waals surface area (Å²) in [5, 5.41) is 19.7. The Morgan fingerprint density at radius 2 is 1.79 bits per heavy atom. The van der Waals surface area contributed by atoms with Crippen LogP contribution >= 0.6 is 0 Å². The molecule has 0 spiro atoms. The van der Waals surface area contributed by atoms with Crippen molar-refractivity contribution in [1.29, 1.82) is 0 Å². The van der Waals surface area contributed by atoms with Gasteiger partial charge in [-0.2, -0.15) is 0 Å². The molecule has 1 aliphatic heterocycles. The zero-order chi connectivity index (χ0) is 13.4. The smallest absolute Gasteiger partial charge is 0.132 e. The average molecular weight is 254 g/mol. The van der Waals surface area contributed by atoms with E-state index in [-0.39, 0.29) is 5.75 Å². The van der Waals surface area contributed by atoms with E-state index < -0.39 is 6.10 Å². The van der Waals surface area contributed by atoms with Crippen LogP contribution in [0.5, 0.6) is 11.5 Å². The van der Waals surface area contributed by atoms with Gasteiger partial charge in [-0.15, -0.1) is 0 Å². The molecule has 0 aromatic heterocycles. The molecule has 1 heterocycles. The molecule has 0 radical (unpaired) electrons. The number of hydrogen-bond acceptors (Lipinski definition) is 3. The number of aryl methyl sites for hydroxylation is 1. The first-order valence-corrected chi connectivity index (χ1v) is 6.10. The molecule has 0 amide bonds. The summed E-state index contributed by atoms with van der Waals surface area (Å²) >= 11 is 0. The first-order valence-electron chi connectivity index (χ1n) is 6.10. The molecule has 1 atom stereocenters. The normalized spacial score (nSPS) is 17.4. The minimum absolute atomic E-state index is 0.201. The second kappa shape index (κ2) is 4.44. The van der Waals surface area contributed by atoms with Gasteiger partial charge >= 0.3 is 0 Å². The van der Waals surface area contributed by atoms with Crippen LogP contribution in [0, 0.1) is 6.92 Å². The highest BCUT2D eigenvalue weighted by Crippen LogP contribution is 2.39. The predicted molar refractivity (Wildman–Crippen MR) is 72.9 cm³/mol. The third-order valence-corrected chi connectivity index (χ3v) is 3.27. The van der Waals surface area contributed by atoms with Gasteiger partial charge in [0.1, 0.15) is 17.6 Å². The van der Waals surface area contributed by atoms with Crippen molar-refractivity contribution in [3.63, 3.8) is 0 Å². The van der Waals surface area contributed by atoms with E-state index in [4.69, 9.17) is 4.74 Å². The SMILES string of the molecule is Cc1ccc2c(c1)OC=C(c1ccc(O)cc1)[C@H]2O. The van der Waals surface area contributed by atoms with Gasteiger partial charge in [0.05, 0.1) is 6.26 Å². The maximum Gasteiger partial charge on any atom is 0.132 e. The Kier molecular flexibility index (Phi) is 2.76. The third-order valence-electron chi connectivity index (χ3n) is 3.27. The van der Waals surface area contributed by atoms with Crippen molar-refractivity contribution in [2.75, 3.05) is 0 Å². The summed E-state index contributed by atoms with van der Waals surface area (Å²) in [6.07, 6.45) is 0.854. The molecule has 0 unspecified atom stereocenters. The number of phenols is 1. The molecule has 3 rings (SSSR count). The summed E-state index contributed by atoms with van der Waals surface area (Å²) in [7, 11) is 0. The molecule has 2 N–H and O–H groups in total. The van der Waals surface area contributed by atoms with Crippen LogP contribution in [-0.2, 0) is 0 Å². The summed E-state index contributed by atoms with van der Waals surface area (Å²) in [6.45, 7) is 1.98. The summed E-state index contributed by atoms with van der Waals surface area (Å²) in [6, 6.07) is 12.4. The molecule has 0 bridgehead atoms. The quantitative estimate of drug-likeness (QED) is 0.821. The highest BCUT2D eigenvalue weighted by atomic mass is 16.5. The number of aliphatic hydroxyl groups excluding tert-OH is 1. The van der Waals surface area contributed by atoms with Crippen LogP contribution in [0.3, 0.4) is 0 Å². The maximum atomic E-state index is 10.4. The number of fused-ring (bicyclic) bond motifs is 1. The van der Waals surface area contributed by atoms with Gasteiger partial charge in [0.15, 0.2) is 0 Å². The van der Waals surface area contributed by atoms with Crippen LogP contribution < -0.4 is 4.74 Å². The maximum absolute atomic E-state index is 10.4. The van der Waals surface area contributed by atoms with Crippen LogP contribution in [-0.4, -0.2) is 10.2 Å². The number of benzene rings is 2. The molecule has 0 saturated heterocycles. The van der Waals surface area contributed by atoms with Crippen molar-refractivity contribution in [2.45, 2.75) is 13.0 Å².